The van der Waals surface area contributed by atoms with E-state index in [1.54, 1.807) is 24.3 Å². The molecule has 0 amide bonds. The van der Waals surface area contributed by atoms with Gasteiger partial charge in [-0.2, -0.15) is 0 Å². The van der Waals surface area contributed by atoms with Crippen molar-refractivity contribution in [2.24, 2.45) is 0 Å². The SMILES string of the molecule is O=[PH](Cl)c1ccccc1Cl. The fraction of sp³-hybridized carbons (Fsp3) is 0. The van der Waals surface area contributed by atoms with Crippen LogP contribution in [0.15, 0.2) is 24.3 Å². The molecule has 0 spiro atoms. The highest BCUT2D eigenvalue weighted by Crippen LogP contribution is 2.28. The molecule has 1 unspecified atom stereocenters. The van der Waals surface area contributed by atoms with Gasteiger partial charge in [-0.25, -0.2) is 0 Å². The molecular formula is C6H5Cl2OP. The topological polar surface area (TPSA) is 17.1 Å². The number of hydrogen-bond acceptors (Lipinski definition) is 1. The number of halogens is 2. The van der Waals surface area contributed by atoms with Crippen LogP contribution in [0.5, 0.6) is 0 Å². The molecule has 4 heteroatoms. The number of hydrogen-bond donors (Lipinski definition) is 0. The summed E-state index contributed by atoms with van der Waals surface area (Å²) in [5, 5.41) is 1.01. The van der Waals surface area contributed by atoms with Crippen molar-refractivity contribution in [3.8, 4) is 0 Å². The van der Waals surface area contributed by atoms with Gasteiger partial charge in [0.2, 0.25) is 0 Å². The van der Waals surface area contributed by atoms with Gasteiger partial charge < -0.3 is 4.57 Å². The van der Waals surface area contributed by atoms with E-state index in [1.165, 1.54) is 0 Å². The number of rotatable bonds is 1. The molecular weight excluding hydrogens is 190 g/mol. The Morgan fingerprint density at radius 2 is 1.90 bits per heavy atom. The smallest absolute Gasteiger partial charge is 0.187 e. The Morgan fingerprint density at radius 1 is 1.30 bits per heavy atom. The van der Waals surface area contributed by atoms with E-state index in [9.17, 15) is 4.57 Å². The maximum atomic E-state index is 10.7. The van der Waals surface area contributed by atoms with Crippen molar-refractivity contribution in [1.82, 2.24) is 0 Å². The van der Waals surface area contributed by atoms with Gasteiger partial charge in [0, 0.05) is 5.30 Å². The summed E-state index contributed by atoms with van der Waals surface area (Å²) < 4.78 is 10.7. The first-order valence-electron chi connectivity index (χ1n) is 2.66. The van der Waals surface area contributed by atoms with Gasteiger partial charge in [0.15, 0.2) is 7.15 Å². The molecule has 1 atom stereocenters. The van der Waals surface area contributed by atoms with Crippen molar-refractivity contribution in [2.75, 3.05) is 0 Å². The predicted molar refractivity (Wildman–Crippen MR) is 45.9 cm³/mol. The van der Waals surface area contributed by atoms with E-state index < -0.39 is 7.15 Å². The van der Waals surface area contributed by atoms with Crippen LogP contribution in [0, 0.1) is 0 Å². The van der Waals surface area contributed by atoms with Gasteiger partial charge in [-0.05, 0) is 12.1 Å². The highest BCUT2D eigenvalue weighted by molar-refractivity contribution is 7.80. The van der Waals surface area contributed by atoms with E-state index >= 15 is 0 Å². The molecule has 0 bridgehead atoms. The molecule has 0 aliphatic carbocycles. The zero-order valence-corrected chi connectivity index (χ0v) is 7.49. The van der Waals surface area contributed by atoms with Crippen LogP contribution in [0.1, 0.15) is 0 Å². The van der Waals surface area contributed by atoms with Crippen LogP contribution >= 0.6 is 30.0 Å². The van der Waals surface area contributed by atoms with Crippen molar-refractivity contribution >= 4 is 35.3 Å². The maximum Gasteiger partial charge on any atom is 0.187 e. The second-order valence-corrected chi connectivity index (χ2v) is 4.28. The van der Waals surface area contributed by atoms with Crippen LogP contribution in [-0.2, 0) is 4.57 Å². The van der Waals surface area contributed by atoms with Gasteiger partial charge in [-0.3, -0.25) is 0 Å². The Morgan fingerprint density at radius 3 is 2.30 bits per heavy atom. The van der Waals surface area contributed by atoms with Crippen LogP contribution in [0.2, 0.25) is 5.02 Å². The lowest BCUT2D eigenvalue weighted by Crippen LogP contribution is -1.93. The lowest BCUT2D eigenvalue weighted by Gasteiger charge is -1.95. The van der Waals surface area contributed by atoms with E-state index in [0.29, 0.717) is 10.3 Å². The van der Waals surface area contributed by atoms with E-state index in [-0.39, 0.29) is 0 Å². The van der Waals surface area contributed by atoms with Gasteiger partial charge in [0.25, 0.3) is 0 Å². The minimum Gasteiger partial charge on any atom is -0.305 e. The summed E-state index contributed by atoms with van der Waals surface area (Å²) in [6.45, 7) is 0. The molecule has 0 N–H and O–H groups in total. The third kappa shape index (κ3) is 1.76. The molecule has 0 aliphatic heterocycles. The minimum atomic E-state index is -2.15. The average Bonchev–Trinajstić information content (AvgIpc) is 1.88. The normalized spacial score (nSPS) is 13.0. The van der Waals surface area contributed by atoms with Gasteiger partial charge in [-0.1, -0.05) is 35.0 Å². The summed E-state index contributed by atoms with van der Waals surface area (Å²) in [6, 6.07) is 6.86. The molecule has 0 radical (unpaired) electrons. The third-order valence-electron chi connectivity index (χ3n) is 1.09. The first-order chi connectivity index (χ1) is 4.72. The quantitative estimate of drug-likeness (QED) is 0.629. The Balaban J connectivity index is 3.15. The second kappa shape index (κ2) is 3.43. The molecule has 0 aromatic heterocycles. The summed E-state index contributed by atoms with van der Waals surface area (Å²) >= 11 is 11.0. The van der Waals surface area contributed by atoms with Crippen LogP contribution in [0.3, 0.4) is 0 Å². The molecule has 1 aromatic rings. The summed E-state index contributed by atoms with van der Waals surface area (Å²) in [5.41, 5.74) is 0. The average molecular weight is 195 g/mol. The fourth-order valence-electron chi connectivity index (χ4n) is 0.621. The standard InChI is InChI=1S/C6H5Cl2OP/c7-5-3-1-2-4-6(5)10(8)9/h1-4,10H. The molecule has 0 saturated heterocycles. The lowest BCUT2D eigenvalue weighted by atomic mass is 10.4. The Kier molecular flexibility index (Phi) is 2.79. The summed E-state index contributed by atoms with van der Waals surface area (Å²) in [5.74, 6) is 0. The van der Waals surface area contributed by atoms with E-state index in [0.717, 1.165) is 0 Å². The summed E-state index contributed by atoms with van der Waals surface area (Å²) in [4.78, 5) is 0. The van der Waals surface area contributed by atoms with Gasteiger partial charge in [0.05, 0.1) is 5.02 Å². The van der Waals surface area contributed by atoms with E-state index in [1.807, 2.05) is 0 Å². The third-order valence-corrected chi connectivity index (χ3v) is 3.04. The first-order valence-corrected chi connectivity index (χ1v) is 5.46. The van der Waals surface area contributed by atoms with Crippen molar-refractivity contribution in [2.45, 2.75) is 0 Å². The molecule has 1 nitrogen and oxygen atoms in total. The summed E-state index contributed by atoms with van der Waals surface area (Å²) in [7, 11) is -2.15. The molecule has 10 heavy (non-hydrogen) atoms. The molecule has 0 saturated carbocycles. The first kappa shape index (κ1) is 8.13. The largest absolute Gasteiger partial charge is 0.305 e. The van der Waals surface area contributed by atoms with Gasteiger partial charge >= 0.3 is 0 Å². The highest BCUT2D eigenvalue weighted by atomic mass is 35.7. The lowest BCUT2D eigenvalue weighted by molar-refractivity contribution is 0.600. The zero-order chi connectivity index (χ0) is 7.56. The Hall–Kier alpha value is 0.0300. The molecule has 54 valence electrons. The van der Waals surface area contributed by atoms with Crippen molar-refractivity contribution in [1.29, 1.82) is 0 Å². The molecule has 0 aliphatic rings. The van der Waals surface area contributed by atoms with Crippen molar-refractivity contribution < 1.29 is 4.57 Å². The second-order valence-electron chi connectivity index (χ2n) is 1.75. The van der Waals surface area contributed by atoms with Crippen LogP contribution < -0.4 is 5.30 Å². The van der Waals surface area contributed by atoms with Gasteiger partial charge in [0.1, 0.15) is 0 Å². The van der Waals surface area contributed by atoms with Crippen molar-refractivity contribution in [3.63, 3.8) is 0 Å². The summed E-state index contributed by atoms with van der Waals surface area (Å²) in [6.07, 6.45) is 0. The fourth-order valence-corrected chi connectivity index (χ4v) is 2.15. The molecule has 0 heterocycles. The Labute approximate surface area is 69.5 Å². The Bertz CT molecular complexity index is 262. The monoisotopic (exact) mass is 194 g/mol. The van der Waals surface area contributed by atoms with Crippen LogP contribution in [-0.4, -0.2) is 0 Å². The van der Waals surface area contributed by atoms with Crippen molar-refractivity contribution in [3.05, 3.63) is 29.3 Å². The van der Waals surface area contributed by atoms with E-state index in [2.05, 4.69) is 0 Å². The minimum absolute atomic E-state index is 0.474. The predicted octanol–water partition coefficient (Wildman–Crippen LogP) is 2.68. The zero-order valence-electron chi connectivity index (χ0n) is 4.97. The van der Waals surface area contributed by atoms with Crippen LogP contribution in [0.4, 0.5) is 0 Å². The van der Waals surface area contributed by atoms with Crippen LogP contribution in [0.25, 0.3) is 0 Å². The molecule has 0 fully saturated rings. The van der Waals surface area contributed by atoms with E-state index in [4.69, 9.17) is 22.8 Å². The maximum absolute atomic E-state index is 10.7. The molecule has 1 rings (SSSR count). The molecule has 1 aromatic carbocycles. The number of benzene rings is 1. The highest BCUT2D eigenvalue weighted by Gasteiger charge is 2.01. The van der Waals surface area contributed by atoms with Gasteiger partial charge in [-0.15, -0.1) is 0 Å².